The molecule has 0 aliphatic carbocycles. The van der Waals surface area contributed by atoms with Crippen molar-refractivity contribution in [3.63, 3.8) is 0 Å². The van der Waals surface area contributed by atoms with E-state index in [1.165, 1.54) is 6.92 Å². The van der Waals surface area contributed by atoms with Crippen molar-refractivity contribution in [2.75, 3.05) is 11.9 Å². The molecule has 0 radical (unpaired) electrons. The molecule has 4 N–H and O–H groups in total. The number of aliphatic hydroxyl groups is 1. The normalized spacial score (nSPS) is 8.40. The predicted molar refractivity (Wildman–Crippen MR) is 57.0 cm³/mol. The van der Waals surface area contributed by atoms with Crippen LogP contribution in [0.3, 0.4) is 0 Å². The SMILES string of the molecule is CC(=O)Nc1ccccc1.NC(=O)CO. The van der Waals surface area contributed by atoms with Crippen molar-refractivity contribution in [3.05, 3.63) is 30.3 Å². The zero-order valence-electron chi connectivity index (χ0n) is 8.43. The van der Waals surface area contributed by atoms with Crippen LogP contribution >= 0.6 is 0 Å². The summed E-state index contributed by atoms with van der Waals surface area (Å²) < 4.78 is 0. The Hall–Kier alpha value is -1.88. The van der Waals surface area contributed by atoms with E-state index in [1.54, 1.807) is 0 Å². The highest BCUT2D eigenvalue weighted by Gasteiger charge is 1.90. The minimum absolute atomic E-state index is 0.0359. The molecule has 15 heavy (non-hydrogen) atoms. The fourth-order valence-corrected chi connectivity index (χ4v) is 0.725. The first-order valence-corrected chi connectivity index (χ1v) is 4.28. The van der Waals surface area contributed by atoms with Crippen LogP contribution in [-0.4, -0.2) is 23.5 Å². The molecular weight excluding hydrogens is 196 g/mol. The second kappa shape index (κ2) is 7.52. The molecule has 0 atom stereocenters. The molecule has 0 saturated heterocycles. The lowest BCUT2D eigenvalue weighted by atomic mass is 10.3. The molecule has 0 fully saturated rings. The van der Waals surface area contributed by atoms with E-state index in [4.69, 9.17) is 5.11 Å². The first-order chi connectivity index (χ1) is 7.06. The maximum atomic E-state index is 10.5. The Labute approximate surface area is 87.9 Å². The quantitative estimate of drug-likeness (QED) is 0.646. The van der Waals surface area contributed by atoms with Crippen LogP contribution in [0.2, 0.25) is 0 Å². The van der Waals surface area contributed by atoms with Crippen molar-refractivity contribution in [1.82, 2.24) is 0 Å². The smallest absolute Gasteiger partial charge is 0.243 e. The van der Waals surface area contributed by atoms with Crippen molar-refractivity contribution in [2.45, 2.75) is 6.92 Å². The number of amides is 2. The van der Waals surface area contributed by atoms with Gasteiger partial charge in [0.1, 0.15) is 6.61 Å². The highest BCUT2D eigenvalue weighted by molar-refractivity contribution is 5.88. The van der Waals surface area contributed by atoms with E-state index in [0.29, 0.717) is 0 Å². The van der Waals surface area contributed by atoms with Crippen LogP contribution < -0.4 is 11.1 Å². The summed E-state index contributed by atoms with van der Waals surface area (Å²) in [6.07, 6.45) is 0. The van der Waals surface area contributed by atoms with Crippen molar-refractivity contribution >= 4 is 17.5 Å². The summed E-state index contributed by atoms with van der Waals surface area (Å²) in [6, 6.07) is 9.37. The number of hydrogen-bond donors (Lipinski definition) is 3. The molecule has 5 nitrogen and oxygen atoms in total. The van der Waals surface area contributed by atoms with Gasteiger partial charge in [-0.1, -0.05) is 18.2 Å². The van der Waals surface area contributed by atoms with Gasteiger partial charge in [-0.15, -0.1) is 0 Å². The minimum Gasteiger partial charge on any atom is -0.387 e. The number of benzene rings is 1. The molecule has 0 unspecified atom stereocenters. The molecule has 0 aliphatic heterocycles. The molecule has 0 aromatic heterocycles. The number of aliphatic hydroxyl groups excluding tert-OH is 1. The first kappa shape index (κ1) is 13.1. The predicted octanol–water partition coefficient (Wildman–Crippen LogP) is 0.109. The van der Waals surface area contributed by atoms with Gasteiger partial charge in [0, 0.05) is 12.6 Å². The summed E-state index contributed by atoms with van der Waals surface area (Å²) in [4.78, 5) is 19.8. The van der Waals surface area contributed by atoms with Crippen LogP contribution in [0.1, 0.15) is 6.92 Å². The maximum Gasteiger partial charge on any atom is 0.243 e. The molecule has 0 aliphatic rings. The highest BCUT2D eigenvalue weighted by Crippen LogP contribution is 2.03. The third-order valence-corrected chi connectivity index (χ3v) is 1.25. The largest absolute Gasteiger partial charge is 0.387 e. The number of anilines is 1. The number of nitrogens with two attached hydrogens (primary N) is 1. The van der Waals surface area contributed by atoms with E-state index in [2.05, 4.69) is 11.1 Å². The topological polar surface area (TPSA) is 92.4 Å². The van der Waals surface area contributed by atoms with E-state index < -0.39 is 12.5 Å². The zero-order valence-corrected chi connectivity index (χ0v) is 8.43. The molecule has 0 heterocycles. The molecule has 0 bridgehead atoms. The van der Waals surface area contributed by atoms with E-state index in [-0.39, 0.29) is 5.91 Å². The summed E-state index contributed by atoms with van der Waals surface area (Å²) in [7, 11) is 0. The minimum atomic E-state index is -0.690. The monoisotopic (exact) mass is 210 g/mol. The Kier molecular flexibility index (Phi) is 6.57. The molecule has 5 heteroatoms. The second-order valence-electron chi connectivity index (χ2n) is 2.67. The number of primary amides is 1. The zero-order chi connectivity index (χ0) is 11.7. The molecule has 2 amide bonds. The Morgan fingerprint density at radius 3 is 2.13 bits per heavy atom. The Balaban J connectivity index is 0.000000336. The summed E-state index contributed by atoms with van der Waals surface area (Å²) in [5.74, 6) is -0.726. The average Bonchev–Trinajstić information content (AvgIpc) is 2.19. The number of carbonyl (C=O) groups excluding carboxylic acids is 2. The van der Waals surface area contributed by atoms with Gasteiger partial charge in [0.15, 0.2) is 0 Å². The summed E-state index contributed by atoms with van der Waals surface area (Å²) in [5.41, 5.74) is 5.25. The van der Waals surface area contributed by atoms with Crippen LogP contribution in [-0.2, 0) is 9.59 Å². The lowest BCUT2D eigenvalue weighted by molar-refractivity contribution is -0.120. The van der Waals surface area contributed by atoms with Crippen LogP contribution in [0, 0.1) is 0 Å². The third-order valence-electron chi connectivity index (χ3n) is 1.25. The van der Waals surface area contributed by atoms with Gasteiger partial charge >= 0.3 is 0 Å². The van der Waals surface area contributed by atoms with Gasteiger partial charge in [-0.2, -0.15) is 0 Å². The molecule has 0 spiro atoms. The standard InChI is InChI=1S/C8H9NO.C2H5NO2/c1-7(10)9-8-5-3-2-4-6-8;3-2(5)1-4/h2-6H,1H3,(H,9,10);4H,1H2,(H2,3,5). The summed E-state index contributed by atoms with van der Waals surface area (Å²) in [6.45, 7) is 0.938. The maximum absolute atomic E-state index is 10.5. The molecular formula is C10H14N2O3. The number of para-hydroxylation sites is 1. The highest BCUT2D eigenvalue weighted by atomic mass is 16.3. The van der Waals surface area contributed by atoms with E-state index in [9.17, 15) is 9.59 Å². The average molecular weight is 210 g/mol. The van der Waals surface area contributed by atoms with Crippen LogP contribution in [0.25, 0.3) is 0 Å². The number of nitrogens with one attached hydrogen (secondary N) is 1. The number of rotatable bonds is 2. The van der Waals surface area contributed by atoms with E-state index in [0.717, 1.165) is 5.69 Å². The van der Waals surface area contributed by atoms with Gasteiger partial charge in [-0.05, 0) is 12.1 Å². The Bertz CT molecular complexity index is 312. The lowest BCUT2D eigenvalue weighted by Gasteiger charge is -1.98. The van der Waals surface area contributed by atoms with E-state index >= 15 is 0 Å². The number of carbonyl (C=O) groups is 2. The Morgan fingerprint density at radius 2 is 1.80 bits per heavy atom. The van der Waals surface area contributed by atoms with Crippen molar-refractivity contribution in [3.8, 4) is 0 Å². The summed E-state index contributed by atoms with van der Waals surface area (Å²) >= 11 is 0. The third kappa shape index (κ3) is 8.45. The molecule has 82 valence electrons. The van der Waals surface area contributed by atoms with Gasteiger partial charge in [-0.3, -0.25) is 9.59 Å². The van der Waals surface area contributed by atoms with Crippen molar-refractivity contribution in [1.29, 1.82) is 0 Å². The van der Waals surface area contributed by atoms with Crippen LogP contribution in [0.5, 0.6) is 0 Å². The van der Waals surface area contributed by atoms with Crippen LogP contribution in [0.15, 0.2) is 30.3 Å². The van der Waals surface area contributed by atoms with Crippen molar-refractivity contribution in [2.24, 2.45) is 5.73 Å². The molecule has 1 aromatic rings. The second-order valence-corrected chi connectivity index (χ2v) is 2.67. The Morgan fingerprint density at radius 1 is 1.33 bits per heavy atom. The first-order valence-electron chi connectivity index (χ1n) is 4.28. The van der Waals surface area contributed by atoms with Crippen LogP contribution in [0.4, 0.5) is 5.69 Å². The van der Waals surface area contributed by atoms with Crippen molar-refractivity contribution < 1.29 is 14.7 Å². The molecule has 0 saturated carbocycles. The van der Waals surface area contributed by atoms with Gasteiger partial charge in [0.2, 0.25) is 11.8 Å². The fraction of sp³-hybridized carbons (Fsp3) is 0.200. The fourth-order valence-electron chi connectivity index (χ4n) is 0.725. The lowest BCUT2D eigenvalue weighted by Crippen LogP contribution is -2.14. The van der Waals surface area contributed by atoms with Gasteiger partial charge in [0.25, 0.3) is 0 Å². The van der Waals surface area contributed by atoms with Gasteiger partial charge < -0.3 is 16.2 Å². The molecule has 1 aromatic carbocycles. The molecule has 1 rings (SSSR count). The van der Waals surface area contributed by atoms with Gasteiger partial charge in [0.05, 0.1) is 0 Å². The number of hydrogen-bond acceptors (Lipinski definition) is 3. The van der Waals surface area contributed by atoms with Gasteiger partial charge in [-0.25, -0.2) is 0 Å². The summed E-state index contributed by atoms with van der Waals surface area (Å²) in [5, 5.41) is 10.3. The van der Waals surface area contributed by atoms with E-state index in [1.807, 2.05) is 30.3 Å².